The highest BCUT2D eigenvalue weighted by molar-refractivity contribution is 9.10. The normalized spacial score (nSPS) is 10.3. The summed E-state index contributed by atoms with van der Waals surface area (Å²) >= 11 is 2.89. The zero-order chi connectivity index (χ0) is 10.7. The molecule has 1 rings (SSSR count). The van der Waals surface area contributed by atoms with Crippen molar-refractivity contribution >= 4 is 15.9 Å². The minimum Gasteiger partial charge on any atom is -0.392 e. The molecule has 74 valence electrons. The Morgan fingerprint density at radius 1 is 1.64 bits per heavy atom. The molecule has 1 N–H and O–H groups in total. The molecule has 0 aliphatic heterocycles. The summed E-state index contributed by atoms with van der Waals surface area (Å²) in [4.78, 5) is 3.49. The van der Waals surface area contributed by atoms with Crippen LogP contribution in [0.2, 0.25) is 0 Å². The molecule has 0 bridgehead atoms. The molecule has 1 heterocycles. The number of aliphatic hydroxyl groups is 1. The van der Waals surface area contributed by atoms with Crippen LogP contribution < -0.4 is 0 Å². The van der Waals surface area contributed by atoms with E-state index in [2.05, 4.69) is 20.9 Å². The molecule has 0 amide bonds. The summed E-state index contributed by atoms with van der Waals surface area (Å²) < 4.78 is 24.5. The summed E-state index contributed by atoms with van der Waals surface area (Å²) in [5, 5.41) is 17.5. The molecule has 0 aliphatic carbocycles. The van der Waals surface area contributed by atoms with Crippen LogP contribution in [0.1, 0.15) is 23.2 Å². The Bertz CT molecular complexity index is 390. The van der Waals surface area contributed by atoms with Gasteiger partial charge in [0.25, 0.3) is 6.43 Å². The van der Waals surface area contributed by atoms with E-state index >= 15 is 0 Å². The van der Waals surface area contributed by atoms with Gasteiger partial charge in [0.2, 0.25) is 0 Å². The van der Waals surface area contributed by atoms with Crippen LogP contribution in [-0.4, -0.2) is 10.1 Å². The molecule has 0 saturated carbocycles. The maximum atomic E-state index is 12.3. The number of hydrogen-bond donors (Lipinski definition) is 1. The third-order valence-corrected chi connectivity index (χ3v) is 2.16. The van der Waals surface area contributed by atoms with Crippen LogP contribution in [0.25, 0.3) is 0 Å². The Hall–Kier alpha value is -1.06. The number of rotatable bonds is 2. The molecule has 6 heteroatoms. The number of alkyl halides is 2. The lowest BCUT2D eigenvalue weighted by Crippen LogP contribution is -1.99. The van der Waals surface area contributed by atoms with E-state index in [0.717, 1.165) is 6.07 Å². The van der Waals surface area contributed by atoms with Gasteiger partial charge >= 0.3 is 0 Å². The molecule has 14 heavy (non-hydrogen) atoms. The average Bonchev–Trinajstić information content (AvgIpc) is 2.16. The van der Waals surface area contributed by atoms with Gasteiger partial charge in [-0.1, -0.05) is 0 Å². The number of aromatic nitrogens is 1. The lowest BCUT2D eigenvalue weighted by Gasteiger charge is -2.05. The van der Waals surface area contributed by atoms with Crippen LogP contribution in [0.3, 0.4) is 0 Å². The van der Waals surface area contributed by atoms with Crippen LogP contribution in [0, 0.1) is 11.3 Å². The van der Waals surface area contributed by atoms with Gasteiger partial charge in [-0.3, -0.25) is 0 Å². The highest BCUT2D eigenvalue weighted by atomic mass is 79.9. The third-order valence-electron chi connectivity index (χ3n) is 1.58. The molecule has 0 aliphatic rings. The quantitative estimate of drug-likeness (QED) is 0.831. The number of aliphatic hydroxyl groups excluding tert-OH is 1. The Kier molecular flexibility index (Phi) is 3.49. The van der Waals surface area contributed by atoms with E-state index in [1.165, 1.54) is 0 Å². The molecule has 3 nitrogen and oxygen atoms in total. The number of hydrogen-bond acceptors (Lipinski definition) is 3. The lowest BCUT2D eigenvalue weighted by atomic mass is 10.1. The summed E-state index contributed by atoms with van der Waals surface area (Å²) in [7, 11) is 0. The van der Waals surface area contributed by atoms with Crippen molar-refractivity contribution in [1.82, 2.24) is 4.98 Å². The third kappa shape index (κ3) is 2.05. The number of pyridine rings is 1. The number of nitrogens with zero attached hydrogens (tertiary/aromatic N) is 2. The van der Waals surface area contributed by atoms with E-state index < -0.39 is 18.7 Å². The van der Waals surface area contributed by atoms with Crippen molar-refractivity contribution < 1.29 is 13.9 Å². The molecule has 1 aromatic heterocycles. The second kappa shape index (κ2) is 4.44. The number of halogens is 3. The van der Waals surface area contributed by atoms with E-state index in [1.807, 2.05) is 0 Å². The first kappa shape index (κ1) is 11.0. The minimum absolute atomic E-state index is 0.0295. The van der Waals surface area contributed by atoms with Gasteiger partial charge in [0, 0.05) is 0 Å². The summed E-state index contributed by atoms with van der Waals surface area (Å²) in [5.41, 5.74) is -0.235. The molecule has 0 fully saturated rings. The van der Waals surface area contributed by atoms with Crippen LogP contribution in [0.15, 0.2) is 10.7 Å². The van der Waals surface area contributed by atoms with Gasteiger partial charge in [0.15, 0.2) is 0 Å². The topological polar surface area (TPSA) is 56.9 Å². The second-order valence-corrected chi connectivity index (χ2v) is 3.19. The molecule has 0 spiro atoms. The fourth-order valence-corrected chi connectivity index (χ4v) is 1.49. The monoisotopic (exact) mass is 262 g/mol. The minimum atomic E-state index is -2.72. The van der Waals surface area contributed by atoms with Crippen LogP contribution in [0.4, 0.5) is 8.78 Å². The maximum Gasteiger partial charge on any atom is 0.280 e. The van der Waals surface area contributed by atoms with Gasteiger partial charge in [-0.15, -0.1) is 0 Å². The van der Waals surface area contributed by atoms with Crippen LogP contribution in [-0.2, 0) is 6.61 Å². The van der Waals surface area contributed by atoms with Crippen molar-refractivity contribution in [2.45, 2.75) is 13.0 Å². The molecule has 0 saturated heterocycles. The fraction of sp³-hybridized carbons (Fsp3) is 0.250. The van der Waals surface area contributed by atoms with Crippen molar-refractivity contribution in [3.8, 4) is 6.07 Å². The molecule has 0 aromatic carbocycles. The van der Waals surface area contributed by atoms with Crippen molar-refractivity contribution in [2.75, 3.05) is 0 Å². The van der Waals surface area contributed by atoms with Crippen molar-refractivity contribution in [2.24, 2.45) is 0 Å². The van der Waals surface area contributed by atoms with E-state index in [4.69, 9.17) is 10.4 Å². The van der Waals surface area contributed by atoms with Gasteiger partial charge in [-0.05, 0) is 27.6 Å². The van der Waals surface area contributed by atoms with Gasteiger partial charge in [-0.2, -0.15) is 5.26 Å². The van der Waals surface area contributed by atoms with Crippen LogP contribution >= 0.6 is 15.9 Å². The second-order valence-electron chi connectivity index (χ2n) is 2.44. The SMILES string of the molecule is N#Cc1c(CO)cc(C(F)F)nc1Br. The standard InChI is InChI=1S/C8H5BrF2N2O/c9-7-5(2-12)4(3-14)1-6(13-7)8(10)11/h1,8,14H,3H2. The first-order valence-electron chi connectivity index (χ1n) is 3.58. The molecule has 1 aromatic rings. The van der Waals surface area contributed by atoms with Crippen molar-refractivity contribution in [1.29, 1.82) is 5.26 Å². The van der Waals surface area contributed by atoms with Gasteiger partial charge in [0.05, 0.1) is 12.2 Å². The zero-order valence-electron chi connectivity index (χ0n) is 6.84. The molecular weight excluding hydrogens is 258 g/mol. The smallest absolute Gasteiger partial charge is 0.280 e. The Morgan fingerprint density at radius 3 is 2.71 bits per heavy atom. The summed E-state index contributed by atoms with van der Waals surface area (Å²) in [6.45, 7) is -0.469. The largest absolute Gasteiger partial charge is 0.392 e. The molecule has 0 radical (unpaired) electrons. The summed E-state index contributed by atoms with van der Waals surface area (Å²) in [5.74, 6) is 0. The van der Waals surface area contributed by atoms with Gasteiger partial charge < -0.3 is 5.11 Å². The van der Waals surface area contributed by atoms with E-state index in [0.29, 0.717) is 0 Å². The molecule has 0 atom stereocenters. The predicted octanol–water partition coefficient (Wildman–Crippen LogP) is 2.15. The zero-order valence-corrected chi connectivity index (χ0v) is 8.42. The van der Waals surface area contributed by atoms with Gasteiger partial charge in [-0.25, -0.2) is 13.8 Å². The highest BCUT2D eigenvalue weighted by Crippen LogP contribution is 2.24. The maximum absolute atomic E-state index is 12.3. The highest BCUT2D eigenvalue weighted by Gasteiger charge is 2.15. The first-order valence-corrected chi connectivity index (χ1v) is 4.38. The number of nitriles is 1. The molecular formula is C8H5BrF2N2O. The Labute approximate surface area is 87.1 Å². The van der Waals surface area contributed by atoms with Crippen molar-refractivity contribution in [3.63, 3.8) is 0 Å². The fourth-order valence-electron chi connectivity index (χ4n) is 0.939. The van der Waals surface area contributed by atoms with E-state index in [9.17, 15) is 8.78 Å². The Balaban J connectivity index is 3.33. The predicted molar refractivity (Wildman–Crippen MR) is 47.5 cm³/mol. The lowest BCUT2D eigenvalue weighted by molar-refractivity contribution is 0.145. The molecule has 0 unspecified atom stereocenters. The van der Waals surface area contributed by atoms with Crippen LogP contribution in [0.5, 0.6) is 0 Å². The average molecular weight is 263 g/mol. The van der Waals surface area contributed by atoms with E-state index in [1.54, 1.807) is 6.07 Å². The summed E-state index contributed by atoms with van der Waals surface area (Å²) in [6.07, 6.45) is -2.72. The van der Waals surface area contributed by atoms with Gasteiger partial charge in [0.1, 0.15) is 16.4 Å². The summed E-state index contributed by atoms with van der Waals surface area (Å²) in [6, 6.07) is 2.79. The first-order chi connectivity index (χ1) is 6.60. The van der Waals surface area contributed by atoms with Crippen molar-refractivity contribution in [3.05, 3.63) is 27.5 Å². The Morgan fingerprint density at radius 2 is 2.29 bits per heavy atom. The van der Waals surface area contributed by atoms with E-state index in [-0.39, 0.29) is 15.7 Å².